The lowest BCUT2D eigenvalue weighted by Crippen LogP contribution is -2.42. The summed E-state index contributed by atoms with van der Waals surface area (Å²) in [6.45, 7) is -1.22. The molecule has 0 atom stereocenters. The number of carbonyl (C=O) groups excluding carboxylic acids is 1. The molecule has 1 aliphatic rings. The predicted molar refractivity (Wildman–Crippen MR) is 114 cm³/mol. The van der Waals surface area contributed by atoms with E-state index in [1.54, 1.807) is 4.72 Å². The first-order valence-corrected chi connectivity index (χ1v) is 11.9. The Morgan fingerprint density at radius 2 is 1.83 bits per heavy atom. The zero-order valence-electron chi connectivity index (χ0n) is 17.4. The molecule has 0 unspecified atom stereocenters. The molecule has 2 aromatic rings. The van der Waals surface area contributed by atoms with Crippen LogP contribution in [-0.2, 0) is 10.2 Å². The Labute approximate surface area is 206 Å². The van der Waals surface area contributed by atoms with Crippen LogP contribution < -0.4 is 14.2 Å². The number of amides is 1. The van der Waals surface area contributed by atoms with E-state index in [0.29, 0.717) is 18.9 Å². The molecule has 3 rings (SSSR count). The van der Waals surface area contributed by atoms with Crippen molar-refractivity contribution >= 4 is 39.3 Å². The zero-order valence-corrected chi connectivity index (χ0v) is 19.7. The molecule has 2 heterocycles. The molecule has 1 aromatic carbocycles. The number of aromatic nitrogens is 1. The standard InChI is InChI=1S/C19H16Cl2F5N3O5S/c20-12-6-11(16(30)28-35(31,32)29-3-1-2-4-29)14(22)7-15(12)34-10-5-13(21)17(27-8-10)33-9-19(25,26)18(23)24/h5-8,18H,1-4,9H2,(H,28,30). The summed E-state index contributed by atoms with van der Waals surface area (Å²) in [5.41, 5.74) is -0.662. The minimum absolute atomic E-state index is 0.168. The first-order valence-electron chi connectivity index (χ1n) is 9.73. The summed E-state index contributed by atoms with van der Waals surface area (Å²) in [6, 6.07) is 2.57. The van der Waals surface area contributed by atoms with Gasteiger partial charge in [-0.2, -0.15) is 21.5 Å². The van der Waals surface area contributed by atoms with Crippen LogP contribution in [0.3, 0.4) is 0 Å². The van der Waals surface area contributed by atoms with Crippen molar-refractivity contribution < 1.29 is 44.6 Å². The Bertz CT molecular complexity index is 1210. The molecule has 1 aromatic heterocycles. The third-order valence-corrected chi connectivity index (χ3v) is 6.68. The van der Waals surface area contributed by atoms with Crippen LogP contribution >= 0.6 is 23.2 Å². The summed E-state index contributed by atoms with van der Waals surface area (Å²) in [4.78, 5) is 15.9. The molecule has 16 heteroatoms. The second-order valence-corrected chi connectivity index (χ2v) is 9.70. The van der Waals surface area contributed by atoms with Crippen molar-refractivity contribution in [3.63, 3.8) is 0 Å². The summed E-state index contributed by atoms with van der Waals surface area (Å²) < 4.78 is 102. The Morgan fingerprint density at radius 3 is 2.43 bits per heavy atom. The van der Waals surface area contributed by atoms with E-state index in [4.69, 9.17) is 27.9 Å². The second-order valence-electron chi connectivity index (χ2n) is 7.22. The number of hydrogen-bond donors (Lipinski definition) is 1. The number of carbonyl (C=O) groups is 1. The summed E-state index contributed by atoms with van der Waals surface area (Å²) in [5.74, 6) is -7.89. The third kappa shape index (κ3) is 6.63. The largest absolute Gasteiger partial charge is 0.470 e. The molecule has 1 amide bonds. The van der Waals surface area contributed by atoms with Crippen LogP contribution in [0.1, 0.15) is 23.2 Å². The highest BCUT2D eigenvalue weighted by Crippen LogP contribution is 2.35. The van der Waals surface area contributed by atoms with E-state index in [1.165, 1.54) is 0 Å². The molecule has 192 valence electrons. The predicted octanol–water partition coefficient (Wildman–Crippen LogP) is 4.67. The van der Waals surface area contributed by atoms with Gasteiger partial charge in [0.05, 0.1) is 16.8 Å². The van der Waals surface area contributed by atoms with E-state index < -0.39 is 52.3 Å². The molecule has 0 aliphatic carbocycles. The summed E-state index contributed by atoms with van der Waals surface area (Å²) in [6.07, 6.45) is -1.77. The van der Waals surface area contributed by atoms with Crippen LogP contribution in [-0.4, -0.2) is 55.7 Å². The van der Waals surface area contributed by atoms with Crippen LogP contribution in [0.2, 0.25) is 10.0 Å². The molecule has 0 radical (unpaired) electrons. The highest BCUT2D eigenvalue weighted by Gasteiger charge is 2.42. The average molecular weight is 564 g/mol. The number of alkyl halides is 4. The number of ether oxygens (including phenoxy) is 2. The van der Waals surface area contributed by atoms with Crippen LogP contribution in [0, 0.1) is 5.82 Å². The smallest absolute Gasteiger partial charge is 0.340 e. The van der Waals surface area contributed by atoms with Crippen molar-refractivity contribution in [1.82, 2.24) is 14.0 Å². The monoisotopic (exact) mass is 563 g/mol. The van der Waals surface area contributed by atoms with Gasteiger partial charge in [-0.05, 0) is 18.9 Å². The van der Waals surface area contributed by atoms with Crippen LogP contribution in [0.4, 0.5) is 22.0 Å². The van der Waals surface area contributed by atoms with Gasteiger partial charge in [0.1, 0.15) is 22.3 Å². The molecular weight excluding hydrogens is 548 g/mol. The molecule has 0 bridgehead atoms. The number of pyridine rings is 1. The van der Waals surface area contributed by atoms with Crippen molar-refractivity contribution in [3.8, 4) is 17.4 Å². The SMILES string of the molecule is O=C(NS(=O)(=O)N1CCCC1)c1cc(Cl)c(Oc2cnc(OCC(F)(F)C(F)F)c(Cl)c2)cc1F. The lowest BCUT2D eigenvalue weighted by molar-refractivity contribution is -0.148. The lowest BCUT2D eigenvalue weighted by atomic mass is 10.2. The van der Waals surface area contributed by atoms with Gasteiger partial charge in [0.15, 0.2) is 6.61 Å². The van der Waals surface area contributed by atoms with Crippen molar-refractivity contribution in [2.75, 3.05) is 19.7 Å². The van der Waals surface area contributed by atoms with Crippen molar-refractivity contribution in [1.29, 1.82) is 0 Å². The molecule has 1 aliphatic heterocycles. The fourth-order valence-corrected chi connectivity index (χ4v) is 4.50. The van der Waals surface area contributed by atoms with Gasteiger partial charge in [-0.3, -0.25) is 4.79 Å². The number of nitrogens with one attached hydrogen (secondary N) is 1. The molecule has 35 heavy (non-hydrogen) atoms. The van der Waals surface area contributed by atoms with Crippen molar-refractivity contribution in [3.05, 3.63) is 45.8 Å². The van der Waals surface area contributed by atoms with Gasteiger partial charge < -0.3 is 9.47 Å². The van der Waals surface area contributed by atoms with Gasteiger partial charge in [0.25, 0.3) is 5.91 Å². The molecule has 1 N–H and O–H groups in total. The number of rotatable bonds is 9. The highest BCUT2D eigenvalue weighted by molar-refractivity contribution is 7.87. The molecule has 8 nitrogen and oxygen atoms in total. The quantitative estimate of drug-likeness (QED) is 0.445. The number of hydrogen-bond acceptors (Lipinski definition) is 6. The topological polar surface area (TPSA) is 97.8 Å². The van der Waals surface area contributed by atoms with Gasteiger partial charge in [-0.25, -0.2) is 22.9 Å². The Morgan fingerprint density at radius 1 is 1.17 bits per heavy atom. The minimum Gasteiger partial charge on any atom is -0.470 e. The van der Waals surface area contributed by atoms with Gasteiger partial charge in [-0.15, -0.1) is 0 Å². The van der Waals surface area contributed by atoms with E-state index in [-0.39, 0.29) is 34.6 Å². The maximum absolute atomic E-state index is 14.6. The first-order chi connectivity index (χ1) is 16.3. The first kappa shape index (κ1) is 27.2. The van der Waals surface area contributed by atoms with E-state index in [1.807, 2.05) is 0 Å². The number of nitrogens with zero attached hydrogens (tertiary/aromatic N) is 2. The zero-order chi connectivity index (χ0) is 26.0. The number of halogens is 7. The normalized spacial score (nSPS) is 14.9. The molecule has 1 saturated heterocycles. The third-order valence-electron chi connectivity index (χ3n) is 4.62. The van der Waals surface area contributed by atoms with Gasteiger partial charge in [0, 0.05) is 25.2 Å². The van der Waals surface area contributed by atoms with E-state index in [9.17, 15) is 35.2 Å². The van der Waals surface area contributed by atoms with Gasteiger partial charge in [-0.1, -0.05) is 23.2 Å². The summed E-state index contributed by atoms with van der Waals surface area (Å²) in [7, 11) is -4.15. The minimum atomic E-state index is -4.42. The van der Waals surface area contributed by atoms with Gasteiger partial charge in [0.2, 0.25) is 5.88 Å². The second kappa shape index (κ2) is 10.7. The lowest BCUT2D eigenvalue weighted by Gasteiger charge is -2.17. The fraction of sp³-hybridized carbons (Fsp3) is 0.368. The van der Waals surface area contributed by atoms with Crippen LogP contribution in [0.15, 0.2) is 24.4 Å². The van der Waals surface area contributed by atoms with Crippen molar-refractivity contribution in [2.24, 2.45) is 0 Å². The number of benzene rings is 1. The molecule has 0 saturated carbocycles. The molecule has 0 spiro atoms. The maximum atomic E-state index is 14.6. The molecular formula is C19H16Cl2F5N3O5S. The van der Waals surface area contributed by atoms with E-state index in [2.05, 4.69) is 9.72 Å². The Kier molecular flexibility index (Phi) is 8.29. The Hall–Kier alpha value is -2.42. The van der Waals surface area contributed by atoms with Crippen LogP contribution in [0.5, 0.6) is 17.4 Å². The highest BCUT2D eigenvalue weighted by atomic mass is 35.5. The fourth-order valence-electron chi connectivity index (χ4n) is 2.87. The Balaban J connectivity index is 1.72. The summed E-state index contributed by atoms with van der Waals surface area (Å²) in [5, 5.41) is -0.671. The van der Waals surface area contributed by atoms with E-state index >= 15 is 0 Å². The van der Waals surface area contributed by atoms with Crippen molar-refractivity contribution in [2.45, 2.75) is 25.2 Å². The summed E-state index contributed by atoms with van der Waals surface area (Å²) >= 11 is 11.9. The average Bonchev–Trinajstić information content (AvgIpc) is 3.31. The van der Waals surface area contributed by atoms with E-state index in [0.717, 1.165) is 22.6 Å². The van der Waals surface area contributed by atoms with Gasteiger partial charge >= 0.3 is 22.6 Å². The maximum Gasteiger partial charge on any atom is 0.340 e. The molecule has 1 fully saturated rings. The van der Waals surface area contributed by atoms with Crippen LogP contribution in [0.25, 0.3) is 0 Å².